The molecular weight excluding hydrogens is 332 g/mol. The number of amides is 4. The summed E-state index contributed by atoms with van der Waals surface area (Å²) in [5.41, 5.74) is 1.40. The largest absolute Gasteiger partial charge is 0.336 e. The molecule has 7 heteroatoms. The second-order valence-corrected chi connectivity index (χ2v) is 6.63. The van der Waals surface area contributed by atoms with Gasteiger partial charge in [0.15, 0.2) is 0 Å². The normalized spacial score (nSPS) is 14.4. The van der Waals surface area contributed by atoms with Crippen molar-refractivity contribution < 1.29 is 14.4 Å². The molecule has 1 aromatic carbocycles. The fourth-order valence-electron chi connectivity index (χ4n) is 3.16. The molecule has 4 amide bonds. The molecule has 1 fully saturated rings. The number of hydrogen-bond acceptors (Lipinski definition) is 3. The first kappa shape index (κ1) is 19.8. The highest BCUT2D eigenvalue weighted by Gasteiger charge is 2.16. The number of rotatable bonds is 6. The van der Waals surface area contributed by atoms with Crippen LogP contribution in [0.3, 0.4) is 0 Å². The highest BCUT2D eigenvalue weighted by Crippen LogP contribution is 2.18. The van der Waals surface area contributed by atoms with Gasteiger partial charge in [-0.05, 0) is 37.1 Å². The predicted molar refractivity (Wildman–Crippen MR) is 102 cm³/mol. The number of anilines is 2. The second kappa shape index (κ2) is 9.79. The smallest absolute Gasteiger partial charge is 0.315 e. The van der Waals surface area contributed by atoms with Gasteiger partial charge in [-0.3, -0.25) is 9.59 Å². The molecule has 0 aliphatic heterocycles. The summed E-state index contributed by atoms with van der Waals surface area (Å²) in [5.74, 6) is -0.249. The maximum absolute atomic E-state index is 12.0. The molecule has 7 nitrogen and oxygen atoms in total. The molecule has 2 rings (SSSR count). The highest BCUT2D eigenvalue weighted by atomic mass is 16.2. The van der Waals surface area contributed by atoms with Crippen molar-refractivity contribution in [1.82, 2.24) is 10.6 Å². The van der Waals surface area contributed by atoms with Crippen LogP contribution in [-0.2, 0) is 9.59 Å². The minimum absolute atomic E-state index is 0.105. The van der Waals surface area contributed by atoms with Gasteiger partial charge in [-0.2, -0.15) is 0 Å². The second-order valence-electron chi connectivity index (χ2n) is 6.63. The van der Waals surface area contributed by atoms with E-state index >= 15 is 0 Å². The van der Waals surface area contributed by atoms with Gasteiger partial charge in [0.05, 0.1) is 0 Å². The SMILES string of the molecule is CC(=O)Nc1ccc(N(CCNC(=O)NC2CCCCC2)C(C)=O)cc1. The molecule has 0 radical (unpaired) electrons. The summed E-state index contributed by atoms with van der Waals surface area (Å²) < 4.78 is 0. The molecular formula is C19H28N4O3. The molecule has 1 aliphatic rings. The Balaban J connectivity index is 1.82. The molecule has 1 aromatic rings. The summed E-state index contributed by atoms with van der Waals surface area (Å²) in [6, 6.07) is 7.12. The number of nitrogens with one attached hydrogen (secondary N) is 3. The third-order valence-electron chi connectivity index (χ3n) is 4.44. The van der Waals surface area contributed by atoms with Crippen molar-refractivity contribution in [3.8, 4) is 0 Å². The van der Waals surface area contributed by atoms with Crippen LogP contribution < -0.4 is 20.9 Å². The van der Waals surface area contributed by atoms with Crippen LogP contribution in [0.25, 0.3) is 0 Å². The van der Waals surface area contributed by atoms with E-state index in [1.54, 1.807) is 29.2 Å². The zero-order chi connectivity index (χ0) is 18.9. The first-order valence-corrected chi connectivity index (χ1v) is 9.16. The van der Waals surface area contributed by atoms with Crippen LogP contribution >= 0.6 is 0 Å². The lowest BCUT2D eigenvalue weighted by Gasteiger charge is -2.24. The molecule has 0 saturated heterocycles. The van der Waals surface area contributed by atoms with Crippen LogP contribution in [0.4, 0.5) is 16.2 Å². The third-order valence-corrected chi connectivity index (χ3v) is 4.44. The minimum Gasteiger partial charge on any atom is -0.336 e. The summed E-state index contributed by atoms with van der Waals surface area (Å²) in [4.78, 5) is 36.6. The molecule has 3 N–H and O–H groups in total. The van der Waals surface area contributed by atoms with Crippen molar-refractivity contribution in [1.29, 1.82) is 0 Å². The van der Waals surface area contributed by atoms with Crippen LogP contribution in [0, 0.1) is 0 Å². The fourth-order valence-corrected chi connectivity index (χ4v) is 3.16. The summed E-state index contributed by atoms with van der Waals surface area (Å²) in [7, 11) is 0. The standard InChI is InChI=1S/C19H28N4O3/c1-14(24)21-17-8-10-18(11-9-17)23(15(2)25)13-12-20-19(26)22-16-6-4-3-5-7-16/h8-11,16H,3-7,12-13H2,1-2H3,(H,21,24)(H2,20,22,26). The maximum Gasteiger partial charge on any atom is 0.315 e. The van der Waals surface area contributed by atoms with E-state index in [9.17, 15) is 14.4 Å². The molecule has 0 unspecified atom stereocenters. The van der Waals surface area contributed by atoms with Crippen molar-refractivity contribution >= 4 is 29.2 Å². The van der Waals surface area contributed by atoms with Crippen LogP contribution in [0.2, 0.25) is 0 Å². The van der Waals surface area contributed by atoms with Gasteiger partial charge < -0.3 is 20.9 Å². The van der Waals surface area contributed by atoms with Crippen molar-refractivity contribution in [2.45, 2.75) is 52.0 Å². The number of urea groups is 1. The zero-order valence-electron chi connectivity index (χ0n) is 15.5. The number of carbonyl (C=O) groups excluding carboxylic acids is 3. The van der Waals surface area contributed by atoms with Gasteiger partial charge in [0.25, 0.3) is 0 Å². The molecule has 0 atom stereocenters. The van der Waals surface area contributed by atoms with Crippen molar-refractivity contribution in [3.63, 3.8) is 0 Å². The van der Waals surface area contributed by atoms with Gasteiger partial charge in [-0.15, -0.1) is 0 Å². The van der Waals surface area contributed by atoms with Gasteiger partial charge in [0, 0.05) is 44.4 Å². The first-order chi connectivity index (χ1) is 12.5. The zero-order valence-corrected chi connectivity index (χ0v) is 15.5. The molecule has 1 saturated carbocycles. The molecule has 0 heterocycles. The van der Waals surface area contributed by atoms with E-state index in [0.717, 1.165) is 31.4 Å². The van der Waals surface area contributed by atoms with E-state index in [1.807, 2.05) is 0 Å². The van der Waals surface area contributed by atoms with Gasteiger partial charge in [-0.25, -0.2) is 4.79 Å². The Morgan fingerprint density at radius 1 is 1.04 bits per heavy atom. The molecule has 142 valence electrons. The van der Waals surface area contributed by atoms with Gasteiger partial charge in [0.2, 0.25) is 11.8 Å². The third kappa shape index (κ3) is 6.38. The lowest BCUT2D eigenvalue weighted by Crippen LogP contribution is -2.45. The van der Waals surface area contributed by atoms with Gasteiger partial charge >= 0.3 is 6.03 Å². The van der Waals surface area contributed by atoms with Gasteiger partial charge in [0.1, 0.15) is 0 Å². The van der Waals surface area contributed by atoms with E-state index in [4.69, 9.17) is 0 Å². The Bertz CT molecular complexity index is 624. The van der Waals surface area contributed by atoms with Crippen LogP contribution in [0.1, 0.15) is 46.0 Å². The van der Waals surface area contributed by atoms with Crippen molar-refractivity contribution in [2.24, 2.45) is 0 Å². The Labute approximate surface area is 154 Å². The average molecular weight is 360 g/mol. The van der Waals surface area contributed by atoms with Crippen molar-refractivity contribution in [2.75, 3.05) is 23.3 Å². The van der Waals surface area contributed by atoms with Crippen LogP contribution in [0.15, 0.2) is 24.3 Å². The maximum atomic E-state index is 12.0. The average Bonchev–Trinajstić information content (AvgIpc) is 2.60. The van der Waals surface area contributed by atoms with E-state index in [2.05, 4.69) is 16.0 Å². The predicted octanol–water partition coefficient (Wildman–Crippen LogP) is 2.63. The highest BCUT2D eigenvalue weighted by molar-refractivity contribution is 5.92. The number of hydrogen-bond donors (Lipinski definition) is 3. The molecule has 1 aliphatic carbocycles. The Kier molecular flexibility index (Phi) is 7.44. The Morgan fingerprint density at radius 2 is 1.69 bits per heavy atom. The van der Waals surface area contributed by atoms with E-state index in [1.165, 1.54) is 20.3 Å². The number of nitrogens with zero attached hydrogens (tertiary/aromatic N) is 1. The summed E-state index contributed by atoms with van der Waals surface area (Å²) >= 11 is 0. The van der Waals surface area contributed by atoms with Crippen LogP contribution in [0.5, 0.6) is 0 Å². The lowest BCUT2D eigenvalue weighted by atomic mass is 9.96. The van der Waals surface area contributed by atoms with E-state index < -0.39 is 0 Å². The topological polar surface area (TPSA) is 90.5 Å². The molecule has 26 heavy (non-hydrogen) atoms. The van der Waals surface area contributed by atoms with E-state index in [-0.39, 0.29) is 23.9 Å². The first-order valence-electron chi connectivity index (χ1n) is 9.16. The van der Waals surface area contributed by atoms with E-state index in [0.29, 0.717) is 18.8 Å². The van der Waals surface area contributed by atoms with Crippen LogP contribution in [-0.4, -0.2) is 37.0 Å². The van der Waals surface area contributed by atoms with Gasteiger partial charge in [-0.1, -0.05) is 19.3 Å². The monoisotopic (exact) mass is 360 g/mol. The fraction of sp³-hybridized carbons (Fsp3) is 0.526. The minimum atomic E-state index is -0.179. The number of benzene rings is 1. The van der Waals surface area contributed by atoms with Crippen molar-refractivity contribution in [3.05, 3.63) is 24.3 Å². The number of carbonyl (C=O) groups is 3. The Hall–Kier alpha value is -2.57. The quantitative estimate of drug-likeness (QED) is 0.728. The Morgan fingerprint density at radius 3 is 2.27 bits per heavy atom. The summed E-state index contributed by atoms with van der Waals surface area (Å²) in [6.07, 6.45) is 5.64. The lowest BCUT2D eigenvalue weighted by molar-refractivity contribution is -0.116. The summed E-state index contributed by atoms with van der Waals surface area (Å²) in [6.45, 7) is 3.68. The summed E-state index contributed by atoms with van der Waals surface area (Å²) in [5, 5.41) is 8.50. The molecule has 0 bridgehead atoms. The molecule has 0 spiro atoms. The molecule has 0 aromatic heterocycles.